The van der Waals surface area contributed by atoms with Gasteiger partial charge < -0.3 is 9.26 Å². The van der Waals surface area contributed by atoms with Gasteiger partial charge >= 0.3 is 5.97 Å². The molecule has 0 aliphatic carbocycles. The molecule has 10 heteroatoms. The van der Waals surface area contributed by atoms with Gasteiger partial charge in [-0.1, -0.05) is 29.4 Å². The minimum Gasteiger partial charge on any atom is -0.466 e. The number of nitrogens with one attached hydrogen (secondary N) is 1. The number of anilines is 1. The standard InChI is InChI=1S/C21H24N6O3S/c1-2-29-19(28)11-17-14-31-21(23-17)25-22-12-15-5-7-16(8-6-15)20-24-18(30-26-20)13-27-9-3-4-10-27/h5-8,12,14H,2-4,9-11,13H2,1H3,(H,23,25). The lowest BCUT2D eigenvalue weighted by Gasteiger charge is -2.09. The monoisotopic (exact) mass is 440 g/mol. The van der Waals surface area contributed by atoms with Crippen molar-refractivity contribution in [2.45, 2.75) is 32.7 Å². The molecule has 1 N–H and O–H groups in total. The Morgan fingerprint density at radius 1 is 1.29 bits per heavy atom. The second-order valence-corrected chi connectivity index (χ2v) is 7.97. The van der Waals surface area contributed by atoms with Crippen LogP contribution in [-0.4, -0.2) is 51.9 Å². The van der Waals surface area contributed by atoms with Crippen molar-refractivity contribution >= 4 is 28.7 Å². The van der Waals surface area contributed by atoms with E-state index in [2.05, 4.69) is 30.6 Å². The molecule has 0 unspecified atom stereocenters. The number of hydrogen-bond acceptors (Lipinski definition) is 10. The van der Waals surface area contributed by atoms with Crippen LogP contribution < -0.4 is 5.43 Å². The Morgan fingerprint density at radius 2 is 2.10 bits per heavy atom. The van der Waals surface area contributed by atoms with E-state index in [0.717, 1.165) is 24.2 Å². The average molecular weight is 441 g/mol. The minimum atomic E-state index is -0.285. The summed E-state index contributed by atoms with van der Waals surface area (Å²) in [6.45, 7) is 5.04. The molecule has 1 aliphatic rings. The Balaban J connectivity index is 1.29. The maximum Gasteiger partial charge on any atom is 0.311 e. The molecule has 9 nitrogen and oxygen atoms in total. The fourth-order valence-electron chi connectivity index (χ4n) is 3.25. The molecular weight excluding hydrogens is 416 g/mol. The highest BCUT2D eigenvalue weighted by Crippen LogP contribution is 2.19. The molecular formula is C21H24N6O3S. The summed E-state index contributed by atoms with van der Waals surface area (Å²) in [4.78, 5) is 22.7. The molecule has 0 spiro atoms. The van der Waals surface area contributed by atoms with Crippen LogP contribution in [0.3, 0.4) is 0 Å². The number of rotatable bonds is 9. The Labute approximate surface area is 184 Å². The molecule has 1 aliphatic heterocycles. The van der Waals surface area contributed by atoms with E-state index < -0.39 is 0 Å². The fraction of sp³-hybridized carbons (Fsp3) is 0.381. The van der Waals surface area contributed by atoms with Gasteiger partial charge in [-0.05, 0) is 38.4 Å². The van der Waals surface area contributed by atoms with Crippen LogP contribution in [0.5, 0.6) is 0 Å². The predicted molar refractivity (Wildman–Crippen MR) is 118 cm³/mol. The topological polar surface area (TPSA) is 106 Å². The molecule has 2 aromatic heterocycles. The van der Waals surface area contributed by atoms with Gasteiger partial charge in [0.05, 0.1) is 31.5 Å². The molecule has 0 bridgehead atoms. The number of carbonyl (C=O) groups excluding carboxylic acids is 1. The molecule has 1 saturated heterocycles. The van der Waals surface area contributed by atoms with Crippen molar-refractivity contribution in [3.63, 3.8) is 0 Å². The third-order valence-electron chi connectivity index (χ3n) is 4.75. The van der Waals surface area contributed by atoms with Crippen LogP contribution in [0.2, 0.25) is 0 Å². The lowest BCUT2D eigenvalue weighted by Crippen LogP contribution is -2.18. The number of hydrazone groups is 1. The summed E-state index contributed by atoms with van der Waals surface area (Å²) >= 11 is 1.38. The summed E-state index contributed by atoms with van der Waals surface area (Å²) in [5.41, 5.74) is 5.36. The van der Waals surface area contributed by atoms with E-state index in [1.165, 1.54) is 24.2 Å². The van der Waals surface area contributed by atoms with E-state index in [9.17, 15) is 4.79 Å². The van der Waals surface area contributed by atoms with Gasteiger partial charge in [0.25, 0.3) is 0 Å². The number of hydrogen-bond donors (Lipinski definition) is 1. The van der Waals surface area contributed by atoms with Crippen LogP contribution in [-0.2, 0) is 22.5 Å². The van der Waals surface area contributed by atoms with E-state index in [4.69, 9.17) is 9.26 Å². The van der Waals surface area contributed by atoms with E-state index in [0.29, 0.717) is 35.7 Å². The summed E-state index contributed by atoms with van der Waals surface area (Å²) in [6, 6.07) is 7.75. The average Bonchev–Trinajstić information content (AvgIpc) is 3.52. The quantitative estimate of drug-likeness (QED) is 0.307. The zero-order valence-electron chi connectivity index (χ0n) is 17.3. The van der Waals surface area contributed by atoms with Crippen LogP contribution in [0.25, 0.3) is 11.4 Å². The van der Waals surface area contributed by atoms with Gasteiger partial charge in [-0.3, -0.25) is 15.1 Å². The SMILES string of the molecule is CCOC(=O)Cc1csc(NN=Cc2ccc(-c3noc(CN4CCCC4)n3)cc2)n1. The number of likely N-dealkylation sites (tertiary alicyclic amines) is 1. The first-order chi connectivity index (χ1) is 15.2. The van der Waals surface area contributed by atoms with Gasteiger partial charge in [0.1, 0.15) is 0 Å². The fourth-order valence-corrected chi connectivity index (χ4v) is 3.91. The van der Waals surface area contributed by atoms with Crippen molar-refractivity contribution in [2.24, 2.45) is 5.10 Å². The highest BCUT2D eigenvalue weighted by molar-refractivity contribution is 7.13. The molecule has 31 heavy (non-hydrogen) atoms. The summed E-state index contributed by atoms with van der Waals surface area (Å²) in [5.74, 6) is 0.956. The first-order valence-corrected chi connectivity index (χ1v) is 11.1. The largest absolute Gasteiger partial charge is 0.466 e. The molecule has 4 rings (SSSR count). The zero-order chi connectivity index (χ0) is 21.5. The van der Waals surface area contributed by atoms with E-state index >= 15 is 0 Å². The van der Waals surface area contributed by atoms with Crippen molar-refractivity contribution in [2.75, 3.05) is 25.1 Å². The summed E-state index contributed by atoms with van der Waals surface area (Å²) in [5, 5.41) is 10.7. The van der Waals surface area contributed by atoms with Gasteiger partial charge in [-0.2, -0.15) is 10.1 Å². The Bertz CT molecular complexity index is 1020. The smallest absolute Gasteiger partial charge is 0.311 e. The third kappa shape index (κ3) is 5.96. The van der Waals surface area contributed by atoms with Crippen LogP contribution in [0.1, 0.15) is 36.9 Å². The number of carbonyl (C=O) groups is 1. The Kier molecular flexibility index (Phi) is 7.00. The van der Waals surface area contributed by atoms with Crippen LogP contribution in [0.4, 0.5) is 5.13 Å². The van der Waals surface area contributed by atoms with Gasteiger partial charge in [-0.15, -0.1) is 11.3 Å². The first-order valence-electron chi connectivity index (χ1n) is 10.2. The molecule has 1 aromatic carbocycles. The van der Waals surface area contributed by atoms with Crippen molar-refractivity contribution < 1.29 is 14.1 Å². The number of esters is 1. The van der Waals surface area contributed by atoms with Crippen LogP contribution in [0.15, 0.2) is 39.3 Å². The zero-order valence-corrected chi connectivity index (χ0v) is 18.1. The van der Waals surface area contributed by atoms with Crippen molar-refractivity contribution in [3.8, 4) is 11.4 Å². The summed E-state index contributed by atoms with van der Waals surface area (Å²) in [6.07, 6.45) is 4.32. The maximum atomic E-state index is 11.5. The van der Waals surface area contributed by atoms with Gasteiger partial charge in [-0.25, -0.2) is 4.98 Å². The summed E-state index contributed by atoms with van der Waals surface area (Å²) in [7, 11) is 0. The molecule has 0 radical (unpaired) electrons. The highest BCUT2D eigenvalue weighted by atomic mass is 32.1. The van der Waals surface area contributed by atoms with Crippen molar-refractivity contribution in [1.29, 1.82) is 0 Å². The second kappa shape index (κ2) is 10.3. The number of nitrogens with zero attached hydrogens (tertiary/aromatic N) is 5. The molecule has 3 aromatic rings. The Hall–Kier alpha value is -3.11. The maximum absolute atomic E-state index is 11.5. The van der Waals surface area contributed by atoms with Gasteiger partial charge in [0, 0.05) is 10.9 Å². The van der Waals surface area contributed by atoms with Gasteiger partial charge in [0.15, 0.2) is 0 Å². The molecule has 3 heterocycles. The van der Waals surface area contributed by atoms with Crippen molar-refractivity contribution in [1.82, 2.24) is 20.0 Å². The molecule has 162 valence electrons. The lowest BCUT2D eigenvalue weighted by atomic mass is 10.1. The molecule has 0 amide bonds. The second-order valence-electron chi connectivity index (χ2n) is 7.11. The van der Waals surface area contributed by atoms with Crippen LogP contribution in [0, 0.1) is 0 Å². The van der Waals surface area contributed by atoms with Crippen molar-refractivity contribution in [3.05, 3.63) is 46.8 Å². The molecule has 0 atom stereocenters. The molecule has 1 fully saturated rings. The van der Waals surface area contributed by atoms with E-state index in [1.54, 1.807) is 13.1 Å². The van der Waals surface area contributed by atoms with E-state index in [-0.39, 0.29) is 12.4 Å². The first kappa shape index (κ1) is 21.1. The lowest BCUT2D eigenvalue weighted by molar-refractivity contribution is -0.142. The third-order valence-corrected chi connectivity index (χ3v) is 5.55. The number of benzene rings is 1. The number of thiazole rings is 1. The minimum absolute atomic E-state index is 0.160. The normalized spacial score (nSPS) is 14.4. The number of aromatic nitrogens is 3. The number of ether oxygens (including phenoxy) is 1. The predicted octanol–water partition coefficient (Wildman–Crippen LogP) is 3.34. The molecule has 0 saturated carbocycles. The Morgan fingerprint density at radius 3 is 2.87 bits per heavy atom. The highest BCUT2D eigenvalue weighted by Gasteiger charge is 2.16. The van der Waals surface area contributed by atoms with E-state index in [1.807, 2.05) is 29.6 Å². The van der Waals surface area contributed by atoms with Gasteiger partial charge in [0.2, 0.25) is 16.8 Å². The summed E-state index contributed by atoms with van der Waals surface area (Å²) < 4.78 is 10.3. The van der Waals surface area contributed by atoms with Crippen LogP contribution >= 0.6 is 11.3 Å².